The lowest BCUT2D eigenvalue weighted by Gasteiger charge is -2.32. The van der Waals surface area contributed by atoms with Crippen molar-refractivity contribution >= 4 is 16.5 Å². The minimum atomic E-state index is -4.39. The van der Waals surface area contributed by atoms with Crippen LogP contribution in [-0.4, -0.2) is 33.1 Å². The van der Waals surface area contributed by atoms with Crippen LogP contribution in [0.25, 0.3) is 0 Å². The maximum atomic E-state index is 12.7. The van der Waals surface area contributed by atoms with Crippen molar-refractivity contribution in [3.8, 4) is 0 Å². The average Bonchev–Trinajstić information content (AvgIpc) is 3.05. The molecule has 0 bridgehead atoms. The summed E-state index contributed by atoms with van der Waals surface area (Å²) in [6.07, 6.45) is 1.13. The average molecular weight is 343 g/mol. The van der Waals surface area contributed by atoms with Crippen LogP contribution in [0.3, 0.4) is 0 Å². The van der Waals surface area contributed by atoms with Crippen molar-refractivity contribution in [2.45, 2.75) is 43.8 Å². The van der Waals surface area contributed by atoms with Crippen molar-refractivity contribution in [3.63, 3.8) is 0 Å². The van der Waals surface area contributed by atoms with Crippen LogP contribution in [0.1, 0.15) is 48.3 Å². The molecule has 124 valence electrons. The fourth-order valence-electron chi connectivity index (χ4n) is 2.89. The molecule has 1 aliphatic heterocycles. The van der Waals surface area contributed by atoms with Gasteiger partial charge in [0.1, 0.15) is 5.01 Å². The Bertz CT molecular complexity index is 691. The number of piperidine rings is 1. The number of anilines is 1. The summed E-state index contributed by atoms with van der Waals surface area (Å²) in [4.78, 5) is 2.12. The van der Waals surface area contributed by atoms with Gasteiger partial charge in [-0.2, -0.15) is 18.3 Å². The minimum absolute atomic E-state index is 0.0619. The van der Waals surface area contributed by atoms with Gasteiger partial charge < -0.3 is 4.90 Å². The van der Waals surface area contributed by atoms with E-state index in [2.05, 4.69) is 20.2 Å². The second kappa shape index (κ2) is 5.47. The molecule has 2 aromatic rings. The van der Waals surface area contributed by atoms with Gasteiger partial charge in [-0.3, -0.25) is 4.68 Å². The van der Waals surface area contributed by atoms with Crippen molar-refractivity contribution < 1.29 is 13.2 Å². The molecule has 2 aromatic heterocycles. The predicted molar refractivity (Wildman–Crippen MR) is 79.6 cm³/mol. The first-order valence-corrected chi connectivity index (χ1v) is 8.53. The number of aromatic nitrogens is 4. The van der Waals surface area contributed by atoms with E-state index in [1.54, 1.807) is 11.3 Å². The quantitative estimate of drug-likeness (QED) is 0.856. The molecule has 0 aromatic carbocycles. The van der Waals surface area contributed by atoms with Crippen LogP contribution in [0.4, 0.5) is 18.3 Å². The zero-order valence-electron chi connectivity index (χ0n) is 12.3. The zero-order chi connectivity index (χ0) is 16.0. The Balaban J connectivity index is 1.48. The summed E-state index contributed by atoms with van der Waals surface area (Å²) in [5, 5.41) is 14.2. The summed E-state index contributed by atoms with van der Waals surface area (Å²) in [7, 11) is 0. The number of nitrogens with zero attached hydrogens (tertiary/aromatic N) is 5. The fraction of sp³-hybridized carbons (Fsp3) is 0.643. The normalized spacial score (nSPS) is 22.6. The van der Waals surface area contributed by atoms with Gasteiger partial charge in [0.05, 0.1) is 6.04 Å². The number of hydrogen-bond acceptors (Lipinski definition) is 5. The summed E-state index contributed by atoms with van der Waals surface area (Å²) < 4.78 is 39.5. The van der Waals surface area contributed by atoms with Crippen LogP contribution < -0.4 is 4.90 Å². The Morgan fingerprint density at radius 1 is 1.17 bits per heavy atom. The van der Waals surface area contributed by atoms with Crippen molar-refractivity contribution in [1.29, 1.82) is 0 Å². The molecule has 1 aliphatic carbocycles. The molecule has 2 aliphatic rings. The van der Waals surface area contributed by atoms with E-state index in [0.717, 1.165) is 35.6 Å². The third-order valence-electron chi connectivity index (χ3n) is 4.30. The molecule has 1 unspecified atom stereocenters. The Morgan fingerprint density at radius 3 is 2.70 bits per heavy atom. The van der Waals surface area contributed by atoms with Gasteiger partial charge in [-0.1, -0.05) is 11.3 Å². The molecule has 2 fully saturated rings. The van der Waals surface area contributed by atoms with E-state index in [9.17, 15) is 13.2 Å². The van der Waals surface area contributed by atoms with Crippen LogP contribution in [0.2, 0.25) is 0 Å². The highest BCUT2D eigenvalue weighted by Gasteiger charge is 2.35. The molecule has 0 amide bonds. The van der Waals surface area contributed by atoms with Gasteiger partial charge in [-0.15, -0.1) is 10.2 Å². The van der Waals surface area contributed by atoms with E-state index >= 15 is 0 Å². The first-order valence-electron chi connectivity index (χ1n) is 7.71. The lowest BCUT2D eigenvalue weighted by atomic mass is 10.1. The molecule has 1 saturated heterocycles. The van der Waals surface area contributed by atoms with Gasteiger partial charge in [0.2, 0.25) is 5.13 Å². The maximum Gasteiger partial charge on any atom is 0.435 e. The van der Waals surface area contributed by atoms with Gasteiger partial charge in [0.25, 0.3) is 0 Å². The third-order valence-corrected chi connectivity index (χ3v) is 5.44. The van der Waals surface area contributed by atoms with Crippen molar-refractivity contribution in [1.82, 2.24) is 20.0 Å². The molecular weight excluding hydrogens is 327 g/mol. The molecule has 9 heteroatoms. The lowest BCUT2D eigenvalue weighted by molar-refractivity contribution is -0.141. The number of alkyl halides is 3. The van der Waals surface area contributed by atoms with Crippen molar-refractivity contribution in [2.24, 2.45) is 0 Å². The fourth-order valence-corrected chi connectivity index (χ4v) is 3.93. The van der Waals surface area contributed by atoms with E-state index < -0.39 is 11.9 Å². The highest BCUT2D eigenvalue weighted by atomic mass is 32.1. The topological polar surface area (TPSA) is 46.8 Å². The highest BCUT2D eigenvalue weighted by molar-refractivity contribution is 7.15. The molecule has 0 N–H and O–H groups in total. The van der Waals surface area contributed by atoms with Gasteiger partial charge in [0, 0.05) is 25.2 Å². The second-order valence-electron chi connectivity index (χ2n) is 6.12. The first-order chi connectivity index (χ1) is 11.0. The van der Waals surface area contributed by atoms with Crippen molar-refractivity contribution in [3.05, 3.63) is 23.0 Å². The zero-order valence-corrected chi connectivity index (χ0v) is 13.1. The SMILES string of the molecule is FC(F)(F)c1ccn(C2CCCN(c3nnc(C4CC4)s3)C2)n1. The van der Waals surface area contributed by atoms with Gasteiger partial charge >= 0.3 is 6.18 Å². The minimum Gasteiger partial charge on any atom is -0.345 e. The molecule has 23 heavy (non-hydrogen) atoms. The predicted octanol–water partition coefficient (Wildman–Crippen LogP) is 3.47. The largest absolute Gasteiger partial charge is 0.435 e. The Morgan fingerprint density at radius 2 is 2.00 bits per heavy atom. The van der Waals surface area contributed by atoms with E-state index in [-0.39, 0.29) is 6.04 Å². The maximum absolute atomic E-state index is 12.7. The molecule has 0 spiro atoms. The third kappa shape index (κ3) is 3.06. The van der Waals surface area contributed by atoms with E-state index in [0.29, 0.717) is 12.5 Å². The summed E-state index contributed by atoms with van der Waals surface area (Å²) >= 11 is 1.61. The summed E-state index contributed by atoms with van der Waals surface area (Å²) in [5.41, 5.74) is -0.832. The summed E-state index contributed by atoms with van der Waals surface area (Å²) in [6, 6.07) is 0.975. The van der Waals surface area contributed by atoms with Gasteiger partial charge in [-0.25, -0.2) is 0 Å². The molecule has 0 radical (unpaired) electrons. The van der Waals surface area contributed by atoms with Gasteiger partial charge in [-0.05, 0) is 31.7 Å². The first kappa shape index (κ1) is 14.9. The monoisotopic (exact) mass is 343 g/mol. The molecule has 5 nitrogen and oxygen atoms in total. The molecule has 4 rings (SSSR count). The Kier molecular flexibility index (Phi) is 3.55. The van der Waals surface area contributed by atoms with E-state index in [1.807, 2.05) is 0 Å². The standard InChI is InChI=1S/C14H16F3N5S/c15-14(16,17)11-5-7-22(20-11)10-2-1-6-21(8-10)13-19-18-12(23-13)9-3-4-9/h5,7,9-10H,1-4,6,8H2. The van der Waals surface area contributed by atoms with Crippen LogP contribution >= 0.6 is 11.3 Å². The summed E-state index contributed by atoms with van der Waals surface area (Å²) in [6.45, 7) is 1.49. The Labute approximate surface area is 135 Å². The van der Waals surface area contributed by atoms with Crippen LogP contribution in [0.15, 0.2) is 12.3 Å². The van der Waals surface area contributed by atoms with Crippen LogP contribution in [0, 0.1) is 0 Å². The molecule has 1 saturated carbocycles. The van der Waals surface area contributed by atoms with Crippen molar-refractivity contribution in [2.75, 3.05) is 18.0 Å². The number of rotatable bonds is 3. The highest BCUT2D eigenvalue weighted by Crippen LogP contribution is 2.43. The van der Waals surface area contributed by atoms with E-state index in [1.165, 1.54) is 23.7 Å². The molecular formula is C14H16F3N5S. The second-order valence-corrected chi connectivity index (χ2v) is 7.11. The molecule has 3 heterocycles. The number of hydrogen-bond donors (Lipinski definition) is 0. The van der Waals surface area contributed by atoms with Gasteiger partial charge in [0.15, 0.2) is 5.69 Å². The summed E-state index contributed by atoms with van der Waals surface area (Å²) in [5.74, 6) is 0.572. The van der Waals surface area contributed by atoms with E-state index in [4.69, 9.17) is 0 Å². The van der Waals surface area contributed by atoms with Crippen LogP contribution in [-0.2, 0) is 6.18 Å². The molecule has 1 atom stereocenters. The van der Waals surface area contributed by atoms with Crippen LogP contribution in [0.5, 0.6) is 0 Å². The Hall–Kier alpha value is -1.64. The smallest absolute Gasteiger partial charge is 0.345 e. The number of halogens is 3. The lowest BCUT2D eigenvalue weighted by Crippen LogP contribution is -2.36.